The van der Waals surface area contributed by atoms with E-state index in [2.05, 4.69) is 22.9 Å². The van der Waals surface area contributed by atoms with E-state index in [1.54, 1.807) is 32.1 Å². The number of aliphatic hydroxyl groups excluding tert-OH is 2. The van der Waals surface area contributed by atoms with Crippen molar-refractivity contribution in [2.75, 3.05) is 18.5 Å². The Morgan fingerprint density at radius 3 is 2.34 bits per heavy atom. The van der Waals surface area contributed by atoms with Crippen molar-refractivity contribution in [2.45, 2.75) is 109 Å². The summed E-state index contributed by atoms with van der Waals surface area (Å²) in [5, 5.41) is 30.5. The quantitative estimate of drug-likeness (QED) is 0.172. The fraction of sp³-hybridized carbons (Fsp3) is 0.500. The van der Waals surface area contributed by atoms with Gasteiger partial charge < -0.3 is 35.6 Å². The third-order valence-corrected chi connectivity index (χ3v) is 15.1. The normalized spacial score (nSPS) is 32.0. The molecule has 3 saturated carbocycles. The first kappa shape index (κ1) is 45.9. The number of aliphatic hydroxyl groups is 2. The molecule has 6 aliphatic rings. The molecule has 344 valence electrons. The van der Waals surface area contributed by atoms with Crippen LogP contribution in [0.4, 0.5) is 5.69 Å². The number of amides is 5. The Morgan fingerprint density at radius 1 is 0.923 bits per heavy atom. The molecule has 5 amide bonds. The maximum atomic E-state index is 14.0. The van der Waals surface area contributed by atoms with E-state index < -0.39 is 88.9 Å². The van der Waals surface area contributed by atoms with E-state index >= 15 is 0 Å². The van der Waals surface area contributed by atoms with Gasteiger partial charge in [-0.1, -0.05) is 75.7 Å². The van der Waals surface area contributed by atoms with E-state index in [0.29, 0.717) is 30.5 Å². The van der Waals surface area contributed by atoms with Crippen LogP contribution in [0.1, 0.15) is 89.7 Å². The predicted molar refractivity (Wildman–Crippen MR) is 236 cm³/mol. The molecule has 0 spiro atoms. The van der Waals surface area contributed by atoms with Crippen LogP contribution >= 0.6 is 0 Å². The van der Waals surface area contributed by atoms with Gasteiger partial charge in [-0.15, -0.1) is 0 Å². The van der Waals surface area contributed by atoms with E-state index in [-0.39, 0.29) is 42.4 Å². The summed E-state index contributed by atoms with van der Waals surface area (Å²) in [6, 6.07) is 13.1. The van der Waals surface area contributed by atoms with Gasteiger partial charge in [-0.25, -0.2) is 0 Å². The maximum absolute atomic E-state index is 14.0. The van der Waals surface area contributed by atoms with Gasteiger partial charge in [0.15, 0.2) is 23.5 Å². The van der Waals surface area contributed by atoms with Crippen LogP contribution in [0.3, 0.4) is 0 Å². The number of benzene rings is 2. The lowest BCUT2D eigenvalue weighted by Crippen LogP contribution is -2.63. The first-order valence-electron chi connectivity index (χ1n) is 22.6. The van der Waals surface area contributed by atoms with Crippen molar-refractivity contribution in [2.24, 2.45) is 34.5 Å². The fourth-order valence-electron chi connectivity index (χ4n) is 11.9. The van der Waals surface area contributed by atoms with Crippen LogP contribution in [0.5, 0.6) is 0 Å². The highest BCUT2D eigenvalue weighted by molar-refractivity contribution is 6.13. The molecule has 2 aromatic carbocycles. The van der Waals surface area contributed by atoms with E-state index in [1.807, 2.05) is 55.5 Å². The zero-order chi connectivity index (χ0) is 46.6. The van der Waals surface area contributed by atoms with Crippen LogP contribution < -0.4 is 16.0 Å². The SMILES string of the molecule is CC(C)[C@H](NC(=O)CCN1C(=O)C=CC1=O)C(=O)N[C@@H](C)C(=O)Nc1cccc(Cc2ccc([C@@H]3O[C@@H]4C[C@H]5[C@@H]6CCC7=CC(=O)C=C[C@]7(C)[C@H]6[C@@H](O)C[C@]5(C)[C@]4(C(=O)CO)O3)cc2)c1. The number of allylic oxidation sites excluding steroid dienone is 4. The molecule has 11 atom stereocenters. The molecule has 15 heteroatoms. The summed E-state index contributed by atoms with van der Waals surface area (Å²) < 4.78 is 13.4. The van der Waals surface area contributed by atoms with Crippen LogP contribution in [0.15, 0.2) is 84.5 Å². The summed E-state index contributed by atoms with van der Waals surface area (Å²) in [7, 11) is 0. The number of carbonyl (C=O) groups is 7. The molecule has 0 bridgehead atoms. The molecule has 15 nitrogen and oxygen atoms in total. The van der Waals surface area contributed by atoms with E-state index in [0.717, 1.165) is 46.6 Å². The number of ketones is 2. The van der Waals surface area contributed by atoms with Crippen LogP contribution in [0, 0.1) is 34.5 Å². The van der Waals surface area contributed by atoms with Crippen LogP contribution in [0.25, 0.3) is 0 Å². The number of imide groups is 1. The number of ether oxygens (including phenoxy) is 2. The standard InChI is InChI=1S/C50H58N4O11/c1-27(2)44(53-40(59)18-20-54-41(60)15-16-42(54)61)46(63)51-28(3)45(62)52-33-8-6-7-30(22-33)21-29-9-11-31(12-10-29)47-64-39-24-36-35-14-13-32-23-34(56)17-19-48(32,4)43(35)37(57)25-49(36,5)50(39,65-47)38(58)26-55/h6-12,15-17,19,22-23,27-28,35-37,39,43-44,47,55,57H,13-14,18,20-21,24-26H2,1-5H3,(H,51,63)(H,52,62)(H,53,59)/t28-,35-,36-,37-,39+,43+,44-,47+,48-,49-,50+/m0/s1. The van der Waals surface area contributed by atoms with Crippen molar-refractivity contribution in [3.63, 3.8) is 0 Å². The number of Topliss-reactive ketones (excluding diaryl/α,β-unsaturated/α-hetero) is 1. The Bertz CT molecular complexity index is 2370. The van der Waals surface area contributed by atoms with Gasteiger partial charge in [0, 0.05) is 53.1 Å². The third-order valence-electron chi connectivity index (χ3n) is 15.1. The molecule has 0 unspecified atom stereocenters. The Hall–Kier alpha value is -5.61. The molecular weight excluding hydrogens is 833 g/mol. The van der Waals surface area contributed by atoms with Crippen LogP contribution in [0.2, 0.25) is 0 Å². The minimum Gasteiger partial charge on any atom is -0.393 e. The summed E-state index contributed by atoms with van der Waals surface area (Å²) in [6.07, 6.45) is 7.97. The molecule has 8 rings (SSSR count). The highest BCUT2D eigenvalue weighted by atomic mass is 16.7. The summed E-state index contributed by atoms with van der Waals surface area (Å²) in [4.78, 5) is 90.0. The average molecular weight is 891 g/mol. The fourth-order valence-corrected chi connectivity index (χ4v) is 11.9. The van der Waals surface area contributed by atoms with Crippen molar-refractivity contribution in [3.8, 4) is 0 Å². The van der Waals surface area contributed by atoms with Gasteiger partial charge >= 0.3 is 0 Å². The van der Waals surface area contributed by atoms with Crippen molar-refractivity contribution < 1.29 is 53.2 Å². The minimum absolute atomic E-state index is 0.0120. The minimum atomic E-state index is -1.45. The van der Waals surface area contributed by atoms with Crippen LogP contribution in [-0.4, -0.2) is 99.3 Å². The Balaban J connectivity index is 0.878. The summed E-state index contributed by atoms with van der Waals surface area (Å²) in [5.74, 6) is -3.42. The molecule has 2 aliphatic heterocycles. The lowest BCUT2D eigenvalue weighted by Gasteiger charge is -2.59. The molecule has 2 heterocycles. The highest BCUT2D eigenvalue weighted by Gasteiger charge is 2.76. The van der Waals surface area contributed by atoms with E-state index in [4.69, 9.17) is 9.47 Å². The van der Waals surface area contributed by atoms with Crippen molar-refractivity contribution in [1.82, 2.24) is 15.5 Å². The van der Waals surface area contributed by atoms with Gasteiger partial charge in [0.05, 0.1) is 12.2 Å². The number of hydrogen-bond donors (Lipinski definition) is 5. The lowest BCUT2D eigenvalue weighted by molar-refractivity contribution is -0.201. The number of hydrogen-bond acceptors (Lipinski definition) is 11. The molecular formula is C50H58N4O11. The zero-order valence-corrected chi connectivity index (χ0v) is 37.4. The number of nitrogens with zero attached hydrogens (tertiary/aromatic N) is 1. The molecule has 0 radical (unpaired) electrons. The first-order chi connectivity index (χ1) is 30.9. The second-order valence-electron chi connectivity index (χ2n) is 19.4. The second kappa shape index (κ2) is 17.6. The first-order valence-corrected chi connectivity index (χ1v) is 22.6. The van der Waals surface area contributed by atoms with Crippen molar-refractivity contribution in [3.05, 3.63) is 101 Å². The molecule has 5 N–H and O–H groups in total. The Kier molecular flexibility index (Phi) is 12.5. The number of nitrogens with one attached hydrogen (secondary N) is 3. The molecule has 4 fully saturated rings. The summed E-state index contributed by atoms with van der Waals surface area (Å²) in [6.45, 7) is 8.32. The van der Waals surface area contributed by atoms with Gasteiger partial charge in [-0.05, 0) is 92.2 Å². The Labute approximate surface area is 378 Å². The molecule has 2 aromatic rings. The predicted octanol–water partition coefficient (Wildman–Crippen LogP) is 3.78. The number of fused-ring (bicyclic) bond motifs is 7. The average Bonchev–Trinajstić information content (AvgIpc) is 3.89. The van der Waals surface area contributed by atoms with E-state index in [9.17, 15) is 43.8 Å². The number of carbonyl (C=O) groups excluding carboxylic acids is 7. The van der Waals surface area contributed by atoms with Crippen LogP contribution in [-0.2, 0) is 49.5 Å². The van der Waals surface area contributed by atoms with E-state index in [1.165, 1.54) is 6.92 Å². The van der Waals surface area contributed by atoms with Gasteiger partial charge in [0.2, 0.25) is 17.7 Å². The van der Waals surface area contributed by atoms with Crippen molar-refractivity contribution >= 4 is 46.8 Å². The van der Waals surface area contributed by atoms with Gasteiger partial charge in [0.1, 0.15) is 18.7 Å². The van der Waals surface area contributed by atoms with Gasteiger partial charge in [-0.2, -0.15) is 0 Å². The molecule has 0 aromatic heterocycles. The lowest BCUT2D eigenvalue weighted by atomic mass is 9.46. The number of rotatable bonds is 14. The Morgan fingerprint density at radius 2 is 1.65 bits per heavy atom. The monoisotopic (exact) mass is 890 g/mol. The van der Waals surface area contributed by atoms with Crippen molar-refractivity contribution in [1.29, 1.82) is 0 Å². The van der Waals surface area contributed by atoms with Gasteiger partial charge in [0.25, 0.3) is 11.8 Å². The molecule has 4 aliphatic carbocycles. The summed E-state index contributed by atoms with van der Waals surface area (Å²) in [5.41, 5.74) is 1.41. The highest BCUT2D eigenvalue weighted by Crippen LogP contribution is 2.70. The maximum Gasteiger partial charge on any atom is 0.253 e. The topological polar surface area (TPSA) is 218 Å². The number of anilines is 1. The zero-order valence-electron chi connectivity index (χ0n) is 37.4. The molecule has 65 heavy (non-hydrogen) atoms. The smallest absolute Gasteiger partial charge is 0.253 e. The summed E-state index contributed by atoms with van der Waals surface area (Å²) >= 11 is 0. The second-order valence-corrected chi connectivity index (χ2v) is 19.4. The van der Waals surface area contributed by atoms with Gasteiger partial charge in [-0.3, -0.25) is 38.5 Å². The largest absolute Gasteiger partial charge is 0.393 e. The molecule has 1 saturated heterocycles. The third kappa shape index (κ3) is 8.21.